The van der Waals surface area contributed by atoms with Gasteiger partial charge in [-0.2, -0.15) is 0 Å². The van der Waals surface area contributed by atoms with Gasteiger partial charge in [0.1, 0.15) is 0 Å². The molecule has 54 heavy (non-hydrogen) atoms. The fraction of sp³-hybridized carbons (Fsp3) is 0.0189. The number of hydrogen-bond acceptors (Lipinski definition) is 1. The van der Waals surface area contributed by atoms with E-state index >= 15 is 0 Å². The maximum atomic E-state index is 2.46. The maximum Gasteiger partial charge on any atom is 0.0713 e. The molecule has 1 aliphatic rings. The Kier molecular flexibility index (Phi) is 7.78. The lowest BCUT2D eigenvalue weighted by molar-refractivity contribution is 0.769. The zero-order valence-corrected chi connectivity index (χ0v) is 29.8. The van der Waals surface area contributed by atoms with Crippen LogP contribution in [0.2, 0.25) is 0 Å². The van der Waals surface area contributed by atoms with Crippen molar-refractivity contribution in [1.29, 1.82) is 0 Å². The molecule has 0 spiro atoms. The van der Waals surface area contributed by atoms with E-state index in [0.29, 0.717) is 0 Å². The van der Waals surface area contributed by atoms with Gasteiger partial charge in [0.2, 0.25) is 0 Å². The van der Waals surface area contributed by atoms with Crippen LogP contribution in [0.15, 0.2) is 224 Å². The van der Waals surface area contributed by atoms with E-state index in [2.05, 4.69) is 229 Å². The number of anilines is 3. The first kappa shape index (κ1) is 31.7. The first-order chi connectivity index (χ1) is 26.8. The largest absolute Gasteiger partial charge is 0.310 e. The Morgan fingerprint density at radius 2 is 0.722 bits per heavy atom. The molecule has 0 atom stereocenters. The number of fused-ring (bicyclic) bond motifs is 4. The van der Waals surface area contributed by atoms with Crippen molar-refractivity contribution < 1.29 is 0 Å². The summed E-state index contributed by atoms with van der Waals surface area (Å²) in [5, 5.41) is 2.44. The average molecular weight is 688 g/mol. The van der Waals surface area contributed by atoms with Gasteiger partial charge < -0.3 is 4.90 Å². The van der Waals surface area contributed by atoms with Crippen LogP contribution in [0.1, 0.15) is 22.3 Å². The first-order valence-electron chi connectivity index (χ1n) is 18.7. The van der Waals surface area contributed by atoms with Crippen molar-refractivity contribution >= 4 is 27.8 Å². The number of rotatable bonds is 7. The van der Waals surface area contributed by atoms with E-state index in [1.165, 1.54) is 66.4 Å². The van der Waals surface area contributed by atoms with Crippen molar-refractivity contribution in [2.45, 2.75) is 5.41 Å². The van der Waals surface area contributed by atoms with Gasteiger partial charge in [0.15, 0.2) is 0 Å². The molecule has 0 unspecified atom stereocenters. The van der Waals surface area contributed by atoms with E-state index in [1.807, 2.05) is 0 Å². The molecule has 1 aliphatic carbocycles. The second-order valence-corrected chi connectivity index (χ2v) is 14.1. The summed E-state index contributed by atoms with van der Waals surface area (Å²) in [6.45, 7) is 0. The third-order valence-corrected chi connectivity index (χ3v) is 11.1. The van der Waals surface area contributed by atoms with Crippen LogP contribution in [0.25, 0.3) is 44.2 Å². The van der Waals surface area contributed by atoms with Crippen LogP contribution in [-0.4, -0.2) is 0 Å². The highest BCUT2D eigenvalue weighted by Crippen LogP contribution is 2.57. The zero-order chi connectivity index (χ0) is 35.9. The summed E-state index contributed by atoms with van der Waals surface area (Å²) >= 11 is 0. The molecule has 0 saturated heterocycles. The summed E-state index contributed by atoms with van der Waals surface area (Å²) in [4.78, 5) is 2.38. The van der Waals surface area contributed by atoms with Crippen LogP contribution >= 0.6 is 0 Å². The quantitative estimate of drug-likeness (QED) is 0.161. The van der Waals surface area contributed by atoms with Crippen molar-refractivity contribution in [3.05, 3.63) is 247 Å². The number of hydrogen-bond donors (Lipinski definition) is 0. The van der Waals surface area contributed by atoms with E-state index in [-0.39, 0.29) is 0 Å². The maximum absolute atomic E-state index is 2.46. The van der Waals surface area contributed by atoms with E-state index in [0.717, 1.165) is 17.1 Å². The van der Waals surface area contributed by atoms with Crippen molar-refractivity contribution in [3.8, 4) is 33.4 Å². The molecule has 1 nitrogen and oxygen atoms in total. The molecule has 0 aliphatic heterocycles. The topological polar surface area (TPSA) is 3.24 Å². The van der Waals surface area contributed by atoms with E-state index in [4.69, 9.17) is 0 Å². The van der Waals surface area contributed by atoms with Crippen LogP contribution in [0, 0.1) is 0 Å². The molecule has 0 aromatic heterocycles. The molecular formula is C53H37N. The van der Waals surface area contributed by atoms with E-state index < -0.39 is 5.41 Å². The first-order valence-corrected chi connectivity index (χ1v) is 18.7. The number of benzene rings is 9. The summed E-state index contributed by atoms with van der Waals surface area (Å²) in [5.41, 5.74) is 15.5. The minimum absolute atomic E-state index is 0.446. The van der Waals surface area contributed by atoms with Crippen LogP contribution in [-0.2, 0) is 5.41 Å². The molecule has 0 fully saturated rings. The minimum Gasteiger partial charge on any atom is -0.310 e. The standard InChI is InChI=1S/C53H37N/c1-5-15-38(16-6-1)40-25-30-46(31-26-40)54(47-32-27-41(28-33-47)39-17-7-2-8-18-39)48-34-29-42-36-50-49-23-13-14-24-51(49)53(44-19-9-3-10-20-44,45-21-11-4-12-22-45)52(50)37-43(42)35-48/h1-37H. The van der Waals surface area contributed by atoms with Gasteiger partial charge in [0, 0.05) is 17.1 Å². The summed E-state index contributed by atoms with van der Waals surface area (Å²) in [6.07, 6.45) is 0. The molecule has 0 N–H and O–H groups in total. The summed E-state index contributed by atoms with van der Waals surface area (Å²) in [6, 6.07) is 81.9. The molecule has 0 saturated carbocycles. The van der Waals surface area contributed by atoms with E-state index in [1.54, 1.807) is 0 Å². The van der Waals surface area contributed by atoms with Crippen molar-refractivity contribution in [3.63, 3.8) is 0 Å². The van der Waals surface area contributed by atoms with Crippen molar-refractivity contribution in [1.82, 2.24) is 0 Å². The zero-order valence-electron chi connectivity index (χ0n) is 29.8. The molecule has 0 bridgehead atoms. The Balaban J connectivity index is 1.16. The van der Waals surface area contributed by atoms with E-state index in [9.17, 15) is 0 Å². The molecule has 9 aromatic carbocycles. The van der Waals surface area contributed by atoms with Gasteiger partial charge in [-0.1, -0.05) is 176 Å². The Bertz CT molecular complexity index is 2600. The summed E-state index contributed by atoms with van der Waals surface area (Å²) in [5.74, 6) is 0. The highest BCUT2D eigenvalue weighted by atomic mass is 15.1. The van der Waals surface area contributed by atoms with Gasteiger partial charge in [0.05, 0.1) is 5.41 Å². The third-order valence-electron chi connectivity index (χ3n) is 11.1. The molecular weight excluding hydrogens is 651 g/mol. The molecule has 254 valence electrons. The smallest absolute Gasteiger partial charge is 0.0713 e. The van der Waals surface area contributed by atoms with Gasteiger partial charge in [-0.05, 0) is 115 Å². The van der Waals surface area contributed by atoms with Crippen LogP contribution in [0.3, 0.4) is 0 Å². The second-order valence-electron chi connectivity index (χ2n) is 14.1. The fourth-order valence-electron chi connectivity index (χ4n) is 8.63. The second kappa shape index (κ2) is 13.2. The molecule has 1 heteroatoms. The van der Waals surface area contributed by atoms with Crippen molar-refractivity contribution in [2.75, 3.05) is 4.90 Å². The molecule has 0 heterocycles. The monoisotopic (exact) mass is 687 g/mol. The lowest BCUT2D eigenvalue weighted by Gasteiger charge is -2.34. The lowest BCUT2D eigenvalue weighted by Crippen LogP contribution is -2.28. The highest BCUT2D eigenvalue weighted by molar-refractivity contribution is 5.98. The highest BCUT2D eigenvalue weighted by Gasteiger charge is 2.46. The van der Waals surface area contributed by atoms with Gasteiger partial charge >= 0.3 is 0 Å². The van der Waals surface area contributed by atoms with Crippen LogP contribution < -0.4 is 4.90 Å². The summed E-state index contributed by atoms with van der Waals surface area (Å²) in [7, 11) is 0. The molecule has 9 aromatic rings. The molecule has 0 radical (unpaired) electrons. The van der Waals surface area contributed by atoms with Crippen molar-refractivity contribution in [2.24, 2.45) is 0 Å². The Labute approximate surface area is 317 Å². The minimum atomic E-state index is -0.446. The van der Waals surface area contributed by atoms with Gasteiger partial charge in [0.25, 0.3) is 0 Å². The van der Waals surface area contributed by atoms with Crippen LogP contribution in [0.4, 0.5) is 17.1 Å². The van der Waals surface area contributed by atoms with Gasteiger partial charge in [-0.3, -0.25) is 0 Å². The Hall–Kier alpha value is -6.96. The SMILES string of the molecule is c1ccc(-c2ccc(N(c3ccc(-c4ccccc4)cc3)c3ccc4cc5c(cc4c3)C(c3ccccc3)(c3ccccc3)c3ccccc3-5)cc2)cc1. The Morgan fingerprint density at radius 1 is 0.278 bits per heavy atom. The van der Waals surface area contributed by atoms with Gasteiger partial charge in [-0.15, -0.1) is 0 Å². The van der Waals surface area contributed by atoms with Crippen LogP contribution in [0.5, 0.6) is 0 Å². The normalized spacial score (nSPS) is 12.6. The lowest BCUT2D eigenvalue weighted by atomic mass is 9.67. The molecule has 0 amide bonds. The molecule has 10 rings (SSSR count). The predicted octanol–water partition coefficient (Wildman–Crippen LogP) is 14.0. The third kappa shape index (κ3) is 5.25. The summed E-state index contributed by atoms with van der Waals surface area (Å²) < 4.78 is 0. The Morgan fingerprint density at radius 3 is 1.26 bits per heavy atom. The number of nitrogens with zero attached hydrogens (tertiary/aromatic N) is 1. The average Bonchev–Trinajstić information content (AvgIpc) is 3.54. The predicted molar refractivity (Wildman–Crippen MR) is 227 cm³/mol. The fourth-order valence-corrected chi connectivity index (χ4v) is 8.63. The van der Waals surface area contributed by atoms with Gasteiger partial charge in [-0.25, -0.2) is 0 Å².